The summed E-state index contributed by atoms with van der Waals surface area (Å²) in [4.78, 5) is 13.4. The maximum absolute atomic E-state index is 13.9. The lowest BCUT2D eigenvalue weighted by molar-refractivity contribution is -0.0435. The summed E-state index contributed by atoms with van der Waals surface area (Å²) in [5, 5.41) is 12.4. The lowest BCUT2D eigenvalue weighted by atomic mass is 10.1. The van der Waals surface area contributed by atoms with Gasteiger partial charge < -0.3 is 10.4 Å². The van der Waals surface area contributed by atoms with Crippen LogP contribution in [0.25, 0.3) is 0 Å². The van der Waals surface area contributed by atoms with Crippen LogP contribution >= 0.6 is 11.8 Å². The van der Waals surface area contributed by atoms with Gasteiger partial charge in [-0.1, -0.05) is 36.4 Å². The topological polar surface area (TPSA) is 133 Å². The third-order valence-corrected chi connectivity index (χ3v) is 11.1. The molecular weight excluding hydrogens is 640 g/mol. The first-order chi connectivity index (χ1) is 20.8. The Bertz CT molecular complexity index is 1640. The number of anilines is 1. The van der Waals surface area contributed by atoms with Crippen LogP contribution in [0.15, 0.2) is 93.5 Å². The molecule has 0 spiro atoms. The molecule has 1 heterocycles. The Balaban J connectivity index is 1.69. The fraction of sp³-hybridized carbons (Fsp3) is 0.345. The minimum Gasteiger partial charge on any atom is -0.395 e. The van der Waals surface area contributed by atoms with E-state index in [0.717, 1.165) is 36.4 Å². The molecule has 1 fully saturated rings. The number of β-amino-alcohol motifs (C(OH)–C–C–N with tert-alkyl or cyclic N) is 1. The number of nitrogens with zero attached hydrogens (tertiary/aromatic N) is 1. The molecule has 15 heteroatoms. The zero-order valence-electron chi connectivity index (χ0n) is 23.4. The predicted octanol–water partition coefficient (Wildman–Crippen LogP) is 4.52. The number of thioether (sulfide) groups is 1. The maximum Gasteiger partial charge on any atom is 0.501 e. The van der Waals surface area contributed by atoms with Crippen LogP contribution in [0, 0.1) is 0 Å². The van der Waals surface area contributed by atoms with Gasteiger partial charge in [-0.2, -0.15) is 13.2 Å². The smallest absolute Gasteiger partial charge is 0.395 e. The number of hydrogen-bond acceptors (Lipinski definition) is 9. The molecule has 0 bridgehead atoms. The number of likely N-dealkylation sites (tertiary alicyclic amines) is 1. The molecule has 4 rings (SSSR count). The van der Waals surface area contributed by atoms with E-state index in [4.69, 9.17) is 0 Å². The van der Waals surface area contributed by atoms with Gasteiger partial charge in [0, 0.05) is 34.8 Å². The van der Waals surface area contributed by atoms with Crippen molar-refractivity contribution in [2.24, 2.45) is 0 Å². The highest BCUT2D eigenvalue weighted by molar-refractivity contribution is 7.99. The van der Waals surface area contributed by atoms with Crippen LogP contribution in [-0.2, 0) is 19.9 Å². The van der Waals surface area contributed by atoms with Gasteiger partial charge in [-0.05, 0) is 68.3 Å². The average molecular weight is 672 g/mol. The molecule has 3 aromatic carbocycles. The summed E-state index contributed by atoms with van der Waals surface area (Å²) >= 11 is 1.43. The van der Waals surface area contributed by atoms with E-state index in [2.05, 4.69) is 10.2 Å². The molecular formula is C29H32F3N3O6S3. The van der Waals surface area contributed by atoms with E-state index in [1.54, 1.807) is 10.8 Å². The molecule has 3 aromatic rings. The molecule has 1 saturated heterocycles. The number of sulfonamides is 1. The molecule has 238 valence electrons. The van der Waals surface area contributed by atoms with Crippen LogP contribution in [0.1, 0.15) is 29.6 Å². The normalized spacial score (nSPS) is 16.9. The second-order valence-electron chi connectivity index (χ2n) is 10.2. The second kappa shape index (κ2) is 14.3. The summed E-state index contributed by atoms with van der Waals surface area (Å²) in [5.41, 5.74) is -6.16. The van der Waals surface area contributed by atoms with Gasteiger partial charge in [-0.3, -0.25) is 9.69 Å². The van der Waals surface area contributed by atoms with Gasteiger partial charge in [-0.25, -0.2) is 21.6 Å². The molecule has 3 N–H and O–H groups in total. The van der Waals surface area contributed by atoms with Gasteiger partial charge >= 0.3 is 5.51 Å². The van der Waals surface area contributed by atoms with E-state index >= 15 is 0 Å². The number of benzene rings is 3. The minimum atomic E-state index is -6.02. The molecule has 0 aliphatic carbocycles. The Morgan fingerprint density at radius 2 is 1.66 bits per heavy atom. The van der Waals surface area contributed by atoms with Crippen molar-refractivity contribution in [2.45, 2.75) is 51.5 Å². The summed E-state index contributed by atoms with van der Waals surface area (Å²) < 4.78 is 94.9. The van der Waals surface area contributed by atoms with E-state index in [0.29, 0.717) is 24.8 Å². The van der Waals surface area contributed by atoms with Gasteiger partial charge in [0.05, 0.1) is 17.2 Å². The zero-order valence-corrected chi connectivity index (χ0v) is 25.9. The van der Waals surface area contributed by atoms with Crippen molar-refractivity contribution in [3.63, 3.8) is 0 Å². The number of halogens is 3. The number of carbonyl (C=O) groups is 1. The number of rotatable bonds is 13. The van der Waals surface area contributed by atoms with Crippen LogP contribution < -0.4 is 10.0 Å². The third kappa shape index (κ3) is 8.33. The number of aliphatic hydroxyl groups is 1. The van der Waals surface area contributed by atoms with Crippen molar-refractivity contribution in [1.82, 2.24) is 9.62 Å². The quantitative estimate of drug-likeness (QED) is 0.225. The number of sulfone groups is 1. The molecule has 1 aliphatic rings. The molecule has 0 unspecified atom stereocenters. The highest BCUT2D eigenvalue weighted by Gasteiger charge is 2.48. The Morgan fingerprint density at radius 3 is 2.30 bits per heavy atom. The van der Waals surface area contributed by atoms with Crippen molar-refractivity contribution >= 4 is 43.2 Å². The van der Waals surface area contributed by atoms with Crippen LogP contribution in [0.5, 0.6) is 0 Å². The molecule has 9 nitrogen and oxygen atoms in total. The average Bonchev–Trinajstić information content (AvgIpc) is 3.42. The standard InChI is InChI=1S/C29H32F3N3O6S3/c30-29(31,32)43(38,39)27-19-25(44(40,41)34-28(37)21-8-3-1-4-9-21)13-14-26(27)33-22(20-42-24-11-5-2-6-12-24)18-23-10-7-15-35(23)16-17-36/h1-6,8-9,11-14,19,22-23,33,36H,7,10,15-18,20H2,(H,34,37)/t22-,23-/m1/s1. The fourth-order valence-electron chi connectivity index (χ4n) is 4.98. The van der Waals surface area contributed by atoms with Gasteiger partial charge in [0.2, 0.25) is 0 Å². The molecule has 1 aliphatic heterocycles. The van der Waals surface area contributed by atoms with Crippen molar-refractivity contribution in [2.75, 3.05) is 30.8 Å². The summed E-state index contributed by atoms with van der Waals surface area (Å²) in [5.74, 6) is -0.679. The summed E-state index contributed by atoms with van der Waals surface area (Å²) in [6.45, 7) is 1.12. The summed E-state index contributed by atoms with van der Waals surface area (Å²) in [6, 6.07) is 18.4. The molecule has 0 aromatic heterocycles. The van der Waals surface area contributed by atoms with Crippen LogP contribution in [-0.4, -0.2) is 75.8 Å². The largest absolute Gasteiger partial charge is 0.501 e. The van der Waals surface area contributed by atoms with E-state index in [-0.39, 0.29) is 18.2 Å². The third-order valence-electron chi connectivity index (χ3n) is 7.12. The number of aliphatic hydroxyl groups excluding tert-OH is 1. The van der Waals surface area contributed by atoms with Crippen LogP contribution in [0.4, 0.5) is 18.9 Å². The van der Waals surface area contributed by atoms with E-state index in [1.807, 2.05) is 30.3 Å². The second-order valence-corrected chi connectivity index (χ2v) is 14.8. The van der Waals surface area contributed by atoms with Crippen LogP contribution in [0.3, 0.4) is 0 Å². The Morgan fingerprint density at radius 1 is 1.00 bits per heavy atom. The highest BCUT2D eigenvalue weighted by Crippen LogP contribution is 2.37. The number of hydrogen-bond donors (Lipinski definition) is 3. The van der Waals surface area contributed by atoms with Gasteiger partial charge in [0.25, 0.3) is 25.8 Å². The first-order valence-electron chi connectivity index (χ1n) is 13.7. The lowest BCUT2D eigenvalue weighted by Crippen LogP contribution is -2.38. The Labute approximate surface area is 258 Å². The zero-order chi connectivity index (χ0) is 32.0. The minimum absolute atomic E-state index is 0.00783. The Hall–Kier alpha value is -3.11. The summed E-state index contributed by atoms with van der Waals surface area (Å²) in [6.07, 6.45) is 2.09. The van der Waals surface area contributed by atoms with Gasteiger partial charge in [0.1, 0.15) is 4.90 Å². The highest BCUT2D eigenvalue weighted by atomic mass is 32.2. The maximum atomic E-state index is 13.9. The Kier molecular flexibility index (Phi) is 11.0. The number of amides is 1. The monoisotopic (exact) mass is 671 g/mol. The number of alkyl halides is 3. The van der Waals surface area contributed by atoms with Crippen molar-refractivity contribution < 1.29 is 39.9 Å². The van der Waals surface area contributed by atoms with Gasteiger partial charge in [0.15, 0.2) is 0 Å². The molecule has 2 atom stereocenters. The molecule has 44 heavy (non-hydrogen) atoms. The van der Waals surface area contributed by atoms with Crippen molar-refractivity contribution in [3.05, 3.63) is 84.4 Å². The first kappa shape index (κ1) is 33.8. The molecule has 0 radical (unpaired) electrons. The summed E-state index contributed by atoms with van der Waals surface area (Å²) in [7, 11) is -10.8. The van der Waals surface area contributed by atoms with Crippen molar-refractivity contribution in [3.8, 4) is 0 Å². The SMILES string of the molecule is O=C(NS(=O)(=O)c1ccc(N[C@@H](CSc2ccccc2)C[C@H]2CCCN2CCO)c(S(=O)(=O)C(F)(F)F)c1)c1ccccc1. The number of carbonyl (C=O) groups excluding carboxylic acids is 1. The molecule has 1 amide bonds. The van der Waals surface area contributed by atoms with Gasteiger partial charge in [-0.15, -0.1) is 11.8 Å². The molecule has 0 saturated carbocycles. The predicted molar refractivity (Wildman–Crippen MR) is 162 cm³/mol. The van der Waals surface area contributed by atoms with Crippen molar-refractivity contribution in [1.29, 1.82) is 0 Å². The van der Waals surface area contributed by atoms with E-state index < -0.39 is 52.8 Å². The van der Waals surface area contributed by atoms with Crippen LogP contribution in [0.2, 0.25) is 0 Å². The van der Waals surface area contributed by atoms with E-state index in [1.165, 1.54) is 36.0 Å². The van der Waals surface area contributed by atoms with E-state index in [9.17, 15) is 39.9 Å². The fourth-order valence-corrected chi connectivity index (χ4v) is 7.97. The lowest BCUT2D eigenvalue weighted by Gasteiger charge is -2.29. The number of nitrogens with one attached hydrogen (secondary N) is 2. The first-order valence-corrected chi connectivity index (χ1v) is 17.6.